The topological polar surface area (TPSA) is 9.72 Å². The fourth-order valence-electron chi connectivity index (χ4n) is 7.31. The van der Waals surface area contributed by atoms with Gasteiger partial charge in [0.15, 0.2) is 0 Å². The predicted molar refractivity (Wildman–Crippen MR) is 124 cm³/mol. The third-order valence-corrected chi connectivity index (χ3v) is 9.05. The maximum atomic E-state index is 2.84. The summed E-state index contributed by atoms with van der Waals surface area (Å²) in [6.07, 6.45) is 10.4. The minimum absolute atomic E-state index is 0.689. The molecule has 0 aromatic heterocycles. The van der Waals surface area contributed by atoms with Gasteiger partial charge in [0.25, 0.3) is 0 Å². The summed E-state index contributed by atoms with van der Waals surface area (Å²) < 4.78 is 0. The predicted octanol–water partition coefficient (Wildman–Crippen LogP) is 5.11. The molecule has 0 unspecified atom stereocenters. The van der Waals surface area contributed by atoms with E-state index in [-0.39, 0.29) is 0 Å². The first kappa shape index (κ1) is 22.1. The molecule has 0 bridgehead atoms. The lowest BCUT2D eigenvalue weighted by atomic mass is 9.57. The van der Waals surface area contributed by atoms with Crippen molar-refractivity contribution in [2.24, 2.45) is 22.7 Å². The van der Waals surface area contributed by atoms with Crippen LogP contribution in [-0.2, 0) is 0 Å². The molecule has 2 aliphatic carbocycles. The van der Waals surface area contributed by atoms with Gasteiger partial charge in [-0.15, -0.1) is 0 Å². The van der Waals surface area contributed by atoms with Gasteiger partial charge in [-0.1, -0.05) is 13.8 Å². The molecular weight excluding hydrogens is 354 g/mol. The average Bonchev–Trinajstić information content (AvgIpc) is 3.35. The average molecular weight is 404 g/mol. The Labute approximate surface area is 181 Å². The number of nitrogens with zero attached hydrogens (tertiary/aromatic N) is 3. The van der Waals surface area contributed by atoms with Crippen LogP contribution in [0.1, 0.15) is 86.5 Å². The Balaban J connectivity index is 1.20. The van der Waals surface area contributed by atoms with Gasteiger partial charge in [0.2, 0.25) is 0 Å². The normalized spacial score (nSPS) is 33.5. The fraction of sp³-hybridized carbons (Fsp3) is 1.00. The van der Waals surface area contributed by atoms with Gasteiger partial charge >= 0.3 is 0 Å². The van der Waals surface area contributed by atoms with E-state index in [0.717, 1.165) is 29.3 Å². The third kappa shape index (κ3) is 5.04. The smallest absolute Gasteiger partial charge is 0.0198 e. The zero-order valence-electron chi connectivity index (χ0n) is 20.4. The van der Waals surface area contributed by atoms with E-state index in [4.69, 9.17) is 0 Å². The van der Waals surface area contributed by atoms with Crippen molar-refractivity contribution in [3.05, 3.63) is 0 Å². The van der Waals surface area contributed by atoms with Gasteiger partial charge in [-0.05, 0) is 108 Å². The summed E-state index contributed by atoms with van der Waals surface area (Å²) >= 11 is 0. The van der Waals surface area contributed by atoms with Gasteiger partial charge in [0.1, 0.15) is 0 Å². The molecule has 4 fully saturated rings. The van der Waals surface area contributed by atoms with Crippen LogP contribution in [0.3, 0.4) is 0 Å². The van der Waals surface area contributed by atoms with E-state index in [9.17, 15) is 0 Å². The number of piperidine rings is 1. The number of likely N-dealkylation sites (tertiary alicyclic amines) is 1. The Morgan fingerprint density at radius 3 is 1.93 bits per heavy atom. The minimum atomic E-state index is 0.689. The van der Waals surface area contributed by atoms with Crippen LogP contribution in [0.15, 0.2) is 0 Å². The minimum Gasteiger partial charge on any atom is -0.303 e. The molecule has 0 amide bonds. The van der Waals surface area contributed by atoms with Crippen molar-refractivity contribution in [3.8, 4) is 0 Å². The summed E-state index contributed by atoms with van der Waals surface area (Å²) in [4.78, 5) is 8.35. The largest absolute Gasteiger partial charge is 0.303 e. The lowest BCUT2D eigenvalue weighted by Gasteiger charge is -2.55. The highest BCUT2D eigenvalue weighted by atomic mass is 15.3. The summed E-state index contributed by atoms with van der Waals surface area (Å²) in [5.74, 6) is 1.83. The molecule has 4 rings (SSSR count). The summed E-state index contributed by atoms with van der Waals surface area (Å²) in [6, 6.07) is 2.12. The first-order valence-electron chi connectivity index (χ1n) is 12.9. The van der Waals surface area contributed by atoms with E-state index in [2.05, 4.69) is 56.2 Å². The molecule has 0 aromatic carbocycles. The molecule has 0 radical (unpaired) electrons. The molecule has 168 valence electrons. The van der Waals surface area contributed by atoms with Crippen LogP contribution in [0.4, 0.5) is 0 Å². The fourth-order valence-corrected chi connectivity index (χ4v) is 7.31. The van der Waals surface area contributed by atoms with Crippen molar-refractivity contribution in [1.29, 1.82) is 0 Å². The van der Waals surface area contributed by atoms with E-state index in [0.29, 0.717) is 11.5 Å². The molecule has 2 saturated heterocycles. The molecule has 1 spiro atoms. The molecule has 2 aliphatic heterocycles. The molecule has 0 aromatic rings. The van der Waals surface area contributed by atoms with Crippen LogP contribution in [0.25, 0.3) is 0 Å². The van der Waals surface area contributed by atoms with Crippen LogP contribution in [0, 0.1) is 22.7 Å². The zero-order valence-corrected chi connectivity index (χ0v) is 20.4. The van der Waals surface area contributed by atoms with Crippen molar-refractivity contribution >= 4 is 0 Å². The van der Waals surface area contributed by atoms with Crippen molar-refractivity contribution in [3.63, 3.8) is 0 Å². The van der Waals surface area contributed by atoms with Crippen LogP contribution in [-0.4, -0.2) is 72.1 Å². The monoisotopic (exact) mass is 403 g/mol. The van der Waals surface area contributed by atoms with Gasteiger partial charge in [-0.2, -0.15) is 0 Å². The molecule has 3 nitrogen and oxygen atoms in total. The summed E-state index contributed by atoms with van der Waals surface area (Å²) in [6.45, 7) is 22.5. The highest BCUT2D eigenvalue weighted by Gasteiger charge is 2.49. The van der Waals surface area contributed by atoms with Crippen LogP contribution in [0.5, 0.6) is 0 Å². The molecule has 3 heteroatoms. The highest BCUT2D eigenvalue weighted by Crippen LogP contribution is 2.55. The van der Waals surface area contributed by atoms with Gasteiger partial charge < -0.3 is 4.90 Å². The summed E-state index contributed by atoms with van der Waals surface area (Å²) in [5, 5.41) is 0. The number of hydrogen-bond acceptors (Lipinski definition) is 3. The third-order valence-electron chi connectivity index (χ3n) is 9.05. The first-order chi connectivity index (χ1) is 13.7. The van der Waals surface area contributed by atoms with E-state index in [1.54, 1.807) is 0 Å². The zero-order chi connectivity index (χ0) is 20.8. The second kappa shape index (κ2) is 8.43. The maximum Gasteiger partial charge on any atom is 0.0198 e. The van der Waals surface area contributed by atoms with Crippen molar-refractivity contribution in [2.45, 2.75) is 105 Å². The molecular formula is C26H49N3. The maximum absolute atomic E-state index is 2.84. The molecule has 2 atom stereocenters. The van der Waals surface area contributed by atoms with Gasteiger partial charge in [0, 0.05) is 44.3 Å². The Hall–Kier alpha value is -0.120. The Morgan fingerprint density at radius 2 is 1.45 bits per heavy atom. The molecule has 2 saturated carbocycles. The van der Waals surface area contributed by atoms with Crippen molar-refractivity contribution in [1.82, 2.24) is 14.7 Å². The number of hydrogen-bond donors (Lipinski definition) is 0. The van der Waals surface area contributed by atoms with E-state index >= 15 is 0 Å². The second-order valence-electron chi connectivity index (χ2n) is 12.6. The van der Waals surface area contributed by atoms with Crippen LogP contribution < -0.4 is 0 Å². The molecule has 4 aliphatic rings. The quantitative estimate of drug-likeness (QED) is 0.585. The van der Waals surface area contributed by atoms with E-state index in [1.165, 1.54) is 84.2 Å². The Morgan fingerprint density at radius 1 is 0.862 bits per heavy atom. The Kier molecular flexibility index (Phi) is 6.42. The van der Waals surface area contributed by atoms with Gasteiger partial charge in [-0.3, -0.25) is 9.80 Å². The molecule has 29 heavy (non-hydrogen) atoms. The first-order valence-corrected chi connectivity index (χ1v) is 12.9. The van der Waals surface area contributed by atoms with E-state index < -0.39 is 0 Å². The standard InChI is InChI=1S/C26H49N3/c1-20(2)13-26(7-8-26)19-27-11-9-25(10-12-27)14-24(15-25)18-29-22(5)16-28(21(3)4)17-23(29)6/h20-24H,7-19H2,1-6H3/t22-,23-/m1/s1. The lowest BCUT2D eigenvalue weighted by Crippen LogP contribution is -2.60. The van der Waals surface area contributed by atoms with Crippen molar-refractivity contribution in [2.75, 3.05) is 39.3 Å². The SMILES string of the molecule is CC(C)CC1(CN2CCC3(CC2)CC(CN2[C@H](C)CN(C(C)C)C[C@H]2C)C3)CC1. The number of rotatable bonds is 7. The van der Waals surface area contributed by atoms with Gasteiger partial charge in [-0.25, -0.2) is 0 Å². The summed E-state index contributed by atoms with van der Waals surface area (Å²) in [7, 11) is 0. The van der Waals surface area contributed by atoms with Gasteiger partial charge in [0.05, 0.1) is 0 Å². The van der Waals surface area contributed by atoms with E-state index in [1.807, 2.05) is 0 Å². The molecule has 2 heterocycles. The lowest BCUT2D eigenvalue weighted by molar-refractivity contribution is -0.0545. The highest BCUT2D eigenvalue weighted by molar-refractivity contribution is 5.02. The summed E-state index contributed by atoms with van der Waals surface area (Å²) in [5.41, 5.74) is 1.44. The van der Waals surface area contributed by atoms with Crippen molar-refractivity contribution < 1.29 is 0 Å². The molecule has 0 N–H and O–H groups in total. The van der Waals surface area contributed by atoms with Crippen LogP contribution in [0.2, 0.25) is 0 Å². The number of piperazine rings is 1. The second-order valence-corrected chi connectivity index (χ2v) is 12.6. The Bertz CT molecular complexity index is 524. The van der Waals surface area contributed by atoms with Crippen LogP contribution >= 0.6 is 0 Å².